The molecule has 0 saturated heterocycles. The lowest BCUT2D eigenvalue weighted by Gasteiger charge is -2.17. The van der Waals surface area contributed by atoms with Crippen LogP contribution in [0.2, 0.25) is 5.02 Å². The van der Waals surface area contributed by atoms with E-state index in [9.17, 15) is 9.59 Å². The summed E-state index contributed by atoms with van der Waals surface area (Å²) in [5.74, 6) is -0.541. The third kappa shape index (κ3) is 4.46. The second-order valence-electron chi connectivity index (χ2n) is 7.81. The van der Waals surface area contributed by atoms with Crippen LogP contribution < -0.4 is 9.47 Å². The van der Waals surface area contributed by atoms with Crippen LogP contribution in [-0.2, 0) is 9.47 Å². The van der Waals surface area contributed by atoms with E-state index in [1.165, 1.54) is 26.0 Å². The Kier molecular flexibility index (Phi) is 7.07. The first-order chi connectivity index (χ1) is 16.5. The minimum atomic E-state index is -0.751. The van der Waals surface area contributed by atoms with E-state index in [4.69, 9.17) is 30.5 Å². The molecule has 0 aliphatic heterocycles. The SMILES string of the molecule is COC(=O)c1c(-c2cc(OC)c(OC3CCCC3)cc2Cl)nn(-c2ccccc2)c1C(=O)OC. The van der Waals surface area contributed by atoms with Crippen LogP contribution in [0.4, 0.5) is 0 Å². The number of rotatable bonds is 7. The highest BCUT2D eigenvalue weighted by molar-refractivity contribution is 6.33. The van der Waals surface area contributed by atoms with Gasteiger partial charge < -0.3 is 18.9 Å². The van der Waals surface area contributed by atoms with Crippen molar-refractivity contribution in [2.24, 2.45) is 0 Å². The molecule has 0 amide bonds. The number of hydrogen-bond donors (Lipinski definition) is 0. The van der Waals surface area contributed by atoms with Gasteiger partial charge in [0.25, 0.3) is 0 Å². The predicted octanol–water partition coefficient (Wildman–Crippen LogP) is 5.10. The lowest BCUT2D eigenvalue weighted by Crippen LogP contribution is -2.15. The zero-order valence-corrected chi connectivity index (χ0v) is 19.9. The van der Waals surface area contributed by atoms with Crippen LogP contribution in [0.5, 0.6) is 11.5 Å². The standard InChI is InChI=1S/C25H25ClN2O6/c1-31-19-13-17(18(26)14-20(19)34-16-11-7-8-12-16)22-21(24(29)32-2)23(25(30)33-3)28(27-22)15-9-5-4-6-10-15/h4-6,9-10,13-14,16H,7-8,11-12H2,1-3H3. The van der Waals surface area contributed by atoms with Crippen LogP contribution in [-0.4, -0.2) is 49.2 Å². The van der Waals surface area contributed by atoms with Gasteiger partial charge in [-0.15, -0.1) is 0 Å². The molecule has 0 bridgehead atoms. The van der Waals surface area contributed by atoms with Crippen molar-refractivity contribution in [2.75, 3.05) is 21.3 Å². The molecule has 1 fully saturated rings. The maximum Gasteiger partial charge on any atom is 0.357 e. The molecule has 1 aromatic heterocycles. The number of halogens is 1. The molecule has 4 rings (SSSR count). The predicted molar refractivity (Wildman–Crippen MR) is 126 cm³/mol. The molecule has 9 heteroatoms. The van der Waals surface area contributed by atoms with Crippen LogP contribution in [0.15, 0.2) is 42.5 Å². The highest BCUT2D eigenvalue weighted by Gasteiger charge is 2.33. The molecule has 1 aliphatic rings. The topological polar surface area (TPSA) is 88.9 Å². The van der Waals surface area contributed by atoms with Gasteiger partial charge in [0.05, 0.1) is 38.1 Å². The monoisotopic (exact) mass is 484 g/mol. The third-order valence-corrected chi connectivity index (χ3v) is 6.07. The van der Waals surface area contributed by atoms with Crippen molar-refractivity contribution in [1.29, 1.82) is 0 Å². The smallest absolute Gasteiger partial charge is 0.357 e. The van der Waals surface area contributed by atoms with Crippen LogP contribution in [0.3, 0.4) is 0 Å². The molecular weight excluding hydrogens is 460 g/mol. The van der Waals surface area contributed by atoms with Gasteiger partial charge in [0.15, 0.2) is 17.2 Å². The van der Waals surface area contributed by atoms with Crippen molar-refractivity contribution in [3.8, 4) is 28.4 Å². The number of hydrogen-bond acceptors (Lipinski definition) is 7. The summed E-state index contributed by atoms with van der Waals surface area (Å²) in [5, 5.41) is 4.88. The molecule has 0 N–H and O–H groups in total. The second-order valence-corrected chi connectivity index (χ2v) is 8.22. The van der Waals surface area contributed by atoms with Gasteiger partial charge >= 0.3 is 11.9 Å². The highest BCUT2D eigenvalue weighted by Crippen LogP contribution is 2.41. The molecule has 0 spiro atoms. The van der Waals surface area contributed by atoms with Gasteiger partial charge in [0.1, 0.15) is 11.3 Å². The number of carbonyl (C=O) groups is 2. The van der Waals surface area contributed by atoms with Crippen molar-refractivity contribution in [1.82, 2.24) is 9.78 Å². The van der Waals surface area contributed by atoms with Crippen LogP contribution in [0.25, 0.3) is 16.9 Å². The molecule has 8 nitrogen and oxygen atoms in total. The van der Waals surface area contributed by atoms with Gasteiger partial charge in [-0.1, -0.05) is 29.8 Å². The Balaban J connectivity index is 1.92. The fourth-order valence-corrected chi connectivity index (χ4v) is 4.34. The van der Waals surface area contributed by atoms with E-state index < -0.39 is 11.9 Å². The van der Waals surface area contributed by atoms with E-state index in [0.717, 1.165) is 25.7 Å². The van der Waals surface area contributed by atoms with E-state index in [0.29, 0.717) is 22.7 Å². The van der Waals surface area contributed by atoms with Gasteiger partial charge in [0, 0.05) is 11.6 Å². The molecule has 3 aromatic rings. The maximum absolute atomic E-state index is 12.9. The molecular formula is C25H25ClN2O6. The van der Waals surface area contributed by atoms with Crippen LogP contribution >= 0.6 is 11.6 Å². The van der Waals surface area contributed by atoms with Gasteiger partial charge in [-0.3, -0.25) is 0 Å². The average molecular weight is 485 g/mol. The van der Waals surface area contributed by atoms with E-state index >= 15 is 0 Å². The van der Waals surface area contributed by atoms with Gasteiger partial charge in [-0.2, -0.15) is 5.10 Å². The van der Waals surface area contributed by atoms with E-state index in [-0.39, 0.29) is 28.1 Å². The lowest BCUT2D eigenvalue weighted by molar-refractivity contribution is 0.0549. The molecule has 1 saturated carbocycles. The zero-order valence-electron chi connectivity index (χ0n) is 19.2. The second kappa shape index (κ2) is 10.2. The summed E-state index contributed by atoms with van der Waals surface area (Å²) < 4.78 is 23.0. The summed E-state index contributed by atoms with van der Waals surface area (Å²) >= 11 is 6.67. The fraction of sp³-hybridized carbons (Fsp3) is 0.320. The molecule has 34 heavy (non-hydrogen) atoms. The number of ether oxygens (including phenoxy) is 4. The summed E-state index contributed by atoms with van der Waals surface area (Å²) in [5.41, 5.74) is 0.969. The number of methoxy groups -OCH3 is 3. The quantitative estimate of drug-likeness (QED) is 0.431. The molecule has 178 valence electrons. The first kappa shape index (κ1) is 23.6. The Morgan fingerprint density at radius 2 is 1.65 bits per heavy atom. The van der Waals surface area contributed by atoms with Crippen molar-refractivity contribution in [2.45, 2.75) is 31.8 Å². The molecule has 1 aliphatic carbocycles. The third-order valence-electron chi connectivity index (χ3n) is 5.76. The first-order valence-corrected chi connectivity index (χ1v) is 11.3. The van der Waals surface area contributed by atoms with E-state index in [1.807, 2.05) is 6.07 Å². The molecule has 0 radical (unpaired) electrons. The van der Waals surface area contributed by atoms with E-state index in [1.54, 1.807) is 36.4 Å². The van der Waals surface area contributed by atoms with Crippen molar-refractivity contribution in [3.05, 3.63) is 58.7 Å². The average Bonchev–Trinajstić information content (AvgIpc) is 3.52. The minimum absolute atomic E-state index is 0.0633. The number of para-hydroxylation sites is 1. The fourth-order valence-electron chi connectivity index (χ4n) is 4.10. The summed E-state index contributed by atoms with van der Waals surface area (Å²) in [6, 6.07) is 12.2. The maximum atomic E-state index is 12.9. The Morgan fingerprint density at radius 1 is 0.971 bits per heavy atom. The molecule has 0 unspecified atom stereocenters. The number of nitrogens with zero attached hydrogens (tertiary/aromatic N) is 2. The van der Waals surface area contributed by atoms with E-state index in [2.05, 4.69) is 5.10 Å². The number of benzene rings is 2. The highest BCUT2D eigenvalue weighted by atomic mass is 35.5. The van der Waals surface area contributed by atoms with Crippen molar-refractivity contribution in [3.63, 3.8) is 0 Å². The Labute approximate surface area is 202 Å². The molecule has 1 heterocycles. The summed E-state index contributed by atoms with van der Waals surface area (Å²) in [7, 11) is 3.99. The Morgan fingerprint density at radius 3 is 2.26 bits per heavy atom. The van der Waals surface area contributed by atoms with Gasteiger partial charge in [-0.25, -0.2) is 14.3 Å². The number of esters is 2. The van der Waals surface area contributed by atoms with Crippen molar-refractivity contribution < 1.29 is 28.5 Å². The Bertz CT molecular complexity index is 1200. The van der Waals surface area contributed by atoms with Crippen molar-refractivity contribution >= 4 is 23.5 Å². The van der Waals surface area contributed by atoms with Gasteiger partial charge in [0.2, 0.25) is 0 Å². The summed E-state index contributed by atoms with van der Waals surface area (Å²) in [4.78, 5) is 25.7. The first-order valence-electron chi connectivity index (χ1n) is 10.9. The lowest BCUT2D eigenvalue weighted by atomic mass is 10.0. The summed E-state index contributed by atoms with van der Waals surface area (Å²) in [6.45, 7) is 0. The van der Waals surface area contributed by atoms with Gasteiger partial charge in [-0.05, 0) is 43.9 Å². The van der Waals surface area contributed by atoms with Crippen LogP contribution in [0.1, 0.15) is 46.5 Å². The zero-order chi connectivity index (χ0) is 24.2. The van der Waals surface area contributed by atoms with Crippen LogP contribution in [0, 0.1) is 0 Å². The molecule has 0 atom stereocenters. The normalized spacial score (nSPS) is 13.5. The minimum Gasteiger partial charge on any atom is -0.493 e. The number of carbonyl (C=O) groups excluding carboxylic acids is 2. The Hall–Kier alpha value is -3.52. The summed E-state index contributed by atoms with van der Waals surface area (Å²) in [6.07, 6.45) is 4.28. The largest absolute Gasteiger partial charge is 0.493 e. The molecule has 2 aromatic carbocycles. The number of aromatic nitrogens is 2.